The molecule has 0 radical (unpaired) electrons. The number of ether oxygens (including phenoxy) is 1. The lowest BCUT2D eigenvalue weighted by Crippen LogP contribution is -2.39. The summed E-state index contributed by atoms with van der Waals surface area (Å²) in [5.74, 6) is 0.543. The fourth-order valence-corrected chi connectivity index (χ4v) is 3.87. The van der Waals surface area contributed by atoms with Crippen LogP contribution in [0.4, 0.5) is 17.3 Å². The first kappa shape index (κ1) is 22.6. The Hall–Kier alpha value is -3.56. The number of hydrogen-bond donors (Lipinski definition) is 1. The lowest BCUT2D eigenvalue weighted by molar-refractivity contribution is -0.383. The number of nitrogens with one attached hydrogen (secondary N) is 1. The molecule has 1 fully saturated rings. The van der Waals surface area contributed by atoms with Crippen molar-refractivity contribution in [3.8, 4) is 0 Å². The van der Waals surface area contributed by atoms with Crippen molar-refractivity contribution >= 4 is 17.3 Å². The Kier molecular flexibility index (Phi) is 7.78. The molecule has 4 rings (SSSR count). The van der Waals surface area contributed by atoms with Gasteiger partial charge in [0.05, 0.1) is 18.1 Å². The topological polar surface area (TPSA) is 96.7 Å². The molecule has 2 heterocycles. The van der Waals surface area contributed by atoms with Crippen LogP contribution in [0.15, 0.2) is 67.0 Å². The van der Waals surface area contributed by atoms with E-state index in [1.165, 1.54) is 6.33 Å². The summed E-state index contributed by atoms with van der Waals surface area (Å²) in [6.45, 7) is 5.44. The maximum Gasteiger partial charge on any atom is 0.353 e. The monoisotopic (exact) mass is 448 g/mol. The van der Waals surface area contributed by atoms with Crippen molar-refractivity contribution in [3.63, 3.8) is 0 Å². The summed E-state index contributed by atoms with van der Waals surface area (Å²) in [4.78, 5) is 24.5. The number of nitrogens with zero attached hydrogens (tertiary/aromatic N) is 5. The zero-order valence-corrected chi connectivity index (χ0v) is 18.5. The largest absolute Gasteiger partial charge is 0.379 e. The van der Waals surface area contributed by atoms with Crippen LogP contribution < -0.4 is 10.2 Å². The van der Waals surface area contributed by atoms with Crippen LogP contribution in [0.25, 0.3) is 0 Å². The Bertz CT molecular complexity index is 987. The van der Waals surface area contributed by atoms with Gasteiger partial charge in [-0.15, -0.1) is 0 Å². The second-order valence-corrected chi connectivity index (χ2v) is 7.86. The average Bonchev–Trinajstić information content (AvgIpc) is 2.85. The molecule has 0 unspecified atom stereocenters. The van der Waals surface area contributed by atoms with Crippen molar-refractivity contribution in [2.75, 3.05) is 49.6 Å². The summed E-state index contributed by atoms with van der Waals surface area (Å²) in [7, 11) is 0. The van der Waals surface area contributed by atoms with Crippen LogP contribution >= 0.6 is 0 Å². The first-order chi connectivity index (χ1) is 16.2. The predicted octanol–water partition coefficient (Wildman–Crippen LogP) is 3.34. The minimum absolute atomic E-state index is 0.105. The van der Waals surface area contributed by atoms with E-state index < -0.39 is 4.92 Å². The summed E-state index contributed by atoms with van der Waals surface area (Å²) in [5, 5.41) is 15.3. The Morgan fingerprint density at radius 3 is 2.15 bits per heavy atom. The summed E-state index contributed by atoms with van der Waals surface area (Å²) in [6, 6.07) is 19.8. The van der Waals surface area contributed by atoms with E-state index in [0.717, 1.165) is 30.8 Å². The fourth-order valence-electron chi connectivity index (χ4n) is 3.87. The van der Waals surface area contributed by atoms with Gasteiger partial charge >= 0.3 is 5.69 Å². The van der Waals surface area contributed by atoms with Crippen LogP contribution in [-0.2, 0) is 17.8 Å². The first-order valence-electron chi connectivity index (χ1n) is 11.1. The number of anilines is 2. The van der Waals surface area contributed by atoms with E-state index in [4.69, 9.17) is 4.74 Å². The van der Waals surface area contributed by atoms with Crippen LogP contribution in [0.3, 0.4) is 0 Å². The molecule has 33 heavy (non-hydrogen) atoms. The summed E-state index contributed by atoms with van der Waals surface area (Å²) < 4.78 is 5.38. The highest BCUT2D eigenvalue weighted by Gasteiger charge is 2.27. The lowest BCUT2D eigenvalue weighted by atomic mass is 10.1. The molecule has 172 valence electrons. The fraction of sp³-hybridized carbons (Fsp3) is 0.333. The van der Waals surface area contributed by atoms with Crippen molar-refractivity contribution in [2.45, 2.75) is 13.1 Å². The number of morpholine rings is 1. The minimum atomic E-state index is -0.393. The quantitative estimate of drug-likeness (QED) is 0.373. The highest BCUT2D eigenvalue weighted by molar-refractivity contribution is 5.70. The molecule has 0 aliphatic carbocycles. The molecule has 9 heteroatoms. The second kappa shape index (κ2) is 11.3. The number of nitro groups is 1. The van der Waals surface area contributed by atoms with Gasteiger partial charge in [-0.1, -0.05) is 60.7 Å². The molecule has 0 bridgehead atoms. The zero-order chi connectivity index (χ0) is 22.9. The third-order valence-corrected chi connectivity index (χ3v) is 5.54. The van der Waals surface area contributed by atoms with Crippen LogP contribution in [-0.4, -0.2) is 59.2 Å². The molecule has 1 aliphatic heterocycles. The number of hydrogen-bond acceptors (Lipinski definition) is 8. The van der Waals surface area contributed by atoms with Crippen LogP contribution in [0, 0.1) is 10.1 Å². The maximum atomic E-state index is 12.1. The summed E-state index contributed by atoms with van der Waals surface area (Å²) in [5.41, 5.74) is 1.98. The molecule has 9 nitrogen and oxygen atoms in total. The normalized spacial score (nSPS) is 14.1. The highest BCUT2D eigenvalue weighted by Crippen LogP contribution is 2.33. The molecule has 0 saturated carbocycles. The molecular weight excluding hydrogens is 420 g/mol. The van der Waals surface area contributed by atoms with E-state index in [9.17, 15) is 10.1 Å². The number of aromatic nitrogens is 2. The Labute approximate surface area is 193 Å². The molecule has 1 N–H and O–H groups in total. The van der Waals surface area contributed by atoms with E-state index in [1.807, 2.05) is 65.6 Å². The molecule has 1 saturated heterocycles. The first-order valence-corrected chi connectivity index (χ1v) is 11.1. The third kappa shape index (κ3) is 6.24. The lowest BCUT2D eigenvalue weighted by Gasteiger charge is -2.27. The van der Waals surface area contributed by atoms with E-state index in [1.54, 1.807) is 0 Å². The number of benzene rings is 2. The van der Waals surface area contributed by atoms with Crippen LogP contribution in [0.5, 0.6) is 0 Å². The van der Waals surface area contributed by atoms with E-state index in [-0.39, 0.29) is 11.5 Å². The van der Waals surface area contributed by atoms with Crippen molar-refractivity contribution in [1.29, 1.82) is 0 Å². The van der Waals surface area contributed by atoms with Gasteiger partial charge < -0.3 is 15.0 Å². The van der Waals surface area contributed by atoms with Gasteiger partial charge in [0.25, 0.3) is 0 Å². The van der Waals surface area contributed by atoms with Gasteiger partial charge in [0.15, 0.2) is 0 Å². The summed E-state index contributed by atoms with van der Waals surface area (Å²) >= 11 is 0. The summed E-state index contributed by atoms with van der Waals surface area (Å²) in [6.07, 6.45) is 1.39. The van der Waals surface area contributed by atoms with Gasteiger partial charge in [-0.2, -0.15) is 0 Å². The number of rotatable bonds is 10. The minimum Gasteiger partial charge on any atom is -0.379 e. The predicted molar refractivity (Wildman–Crippen MR) is 127 cm³/mol. The highest BCUT2D eigenvalue weighted by atomic mass is 16.6. The molecule has 0 amide bonds. The average molecular weight is 449 g/mol. The smallest absolute Gasteiger partial charge is 0.353 e. The van der Waals surface area contributed by atoms with Gasteiger partial charge in [-0.05, 0) is 11.1 Å². The van der Waals surface area contributed by atoms with Crippen LogP contribution in [0.2, 0.25) is 0 Å². The Balaban J connectivity index is 1.59. The third-order valence-electron chi connectivity index (χ3n) is 5.54. The van der Waals surface area contributed by atoms with Crippen molar-refractivity contribution in [2.24, 2.45) is 0 Å². The Morgan fingerprint density at radius 1 is 0.970 bits per heavy atom. The van der Waals surface area contributed by atoms with E-state index in [2.05, 4.69) is 20.2 Å². The van der Waals surface area contributed by atoms with Crippen molar-refractivity contribution in [3.05, 3.63) is 88.2 Å². The van der Waals surface area contributed by atoms with Gasteiger partial charge in [0, 0.05) is 39.3 Å². The van der Waals surface area contributed by atoms with Crippen molar-refractivity contribution < 1.29 is 9.66 Å². The Morgan fingerprint density at radius 2 is 1.58 bits per heavy atom. The van der Waals surface area contributed by atoms with Gasteiger partial charge in [-0.3, -0.25) is 15.0 Å². The SMILES string of the molecule is O=[N+]([O-])c1c(NCCN2CCOCC2)ncnc1N(Cc1ccccc1)Cc1ccccc1. The van der Waals surface area contributed by atoms with Gasteiger partial charge in [0.2, 0.25) is 11.6 Å². The molecule has 1 aromatic heterocycles. The molecular formula is C24H28N6O3. The van der Waals surface area contributed by atoms with Crippen LogP contribution in [0.1, 0.15) is 11.1 Å². The van der Waals surface area contributed by atoms with Crippen molar-refractivity contribution in [1.82, 2.24) is 14.9 Å². The molecule has 0 spiro atoms. The van der Waals surface area contributed by atoms with E-state index >= 15 is 0 Å². The molecule has 0 atom stereocenters. The zero-order valence-electron chi connectivity index (χ0n) is 18.5. The standard InChI is InChI=1S/C24H28N6O3/c31-30(32)22-23(25-11-12-28-13-15-33-16-14-28)26-19-27-24(22)29(17-20-7-3-1-4-8-20)18-21-9-5-2-6-10-21/h1-10,19H,11-18H2,(H,25,26,27). The molecule has 1 aliphatic rings. The molecule has 3 aromatic rings. The second-order valence-electron chi connectivity index (χ2n) is 7.86. The maximum absolute atomic E-state index is 12.1. The van der Waals surface area contributed by atoms with E-state index in [0.29, 0.717) is 38.7 Å². The van der Waals surface area contributed by atoms with Gasteiger partial charge in [-0.25, -0.2) is 9.97 Å². The molecule has 2 aromatic carbocycles. The van der Waals surface area contributed by atoms with Gasteiger partial charge in [0.1, 0.15) is 6.33 Å².